The largest absolute Gasteiger partial charge is 0.474 e. The zero-order valence-corrected chi connectivity index (χ0v) is 13.1. The number of carbonyl (C=O) groups is 2. The molecule has 6 nitrogen and oxygen atoms in total. The van der Waals surface area contributed by atoms with Crippen molar-refractivity contribution in [3.8, 4) is 17.1 Å². The smallest absolute Gasteiger partial charge is 0.407 e. The molecule has 2 heterocycles. The number of aromatic nitrogens is 1. The molecule has 128 valence electrons. The summed E-state index contributed by atoms with van der Waals surface area (Å²) in [4.78, 5) is 27.9. The number of likely N-dealkylation sites (tertiary alicyclic amines) is 1. The Morgan fingerprint density at radius 2 is 1.92 bits per heavy atom. The van der Waals surface area contributed by atoms with E-state index in [1.807, 2.05) is 0 Å². The van der Waals surface area contributed by atoms with Gasteiger partial charge in [-0.1, -0.05) is 0 Å². The molecule has 25 heavy (non-hydrogen) atoms. The van der Waals surface area contributed by atoms with E-state index < -0.39 is 6.09 Å². The number of amides is 1. The number of benzene rings is 1. The quantitative estimate of drug-likeness (QED) is 0.864. The van der Waals surface area contributed by atoms with Crippen LogP contribution in [0.25, 0.3) is 11.3 Å². The average molecular weight is 342 g/mol. The SMILES string of the molecule is O=Cc1cc(OC2C3CN(C(=O)O)CC32)nc(-c2ccc(F)cc2)c1. The summed E-state index contributed by atoms with van der Waals surface area (Å²) in [7, 11) is 0. The number of halogens is 1. The predicted octanol–water partition coefficient (Wildman–Crippen LogP) is 2.69. The lowest BCUT2D eigenvalue weighted by Crippen LogP contribution is -2.31. The molecule has 1 aliphatic carbocycles. The highest BCUT2D eigenvalue weighted by Gasteiger charge is 2.59. The number of pyridine rings is 1. The summed E-state index contributed by atoms with van der Waals surface area (Å²) < 4.78 is 19.0. The minimum Gasteiger partial charge on any atom is -0.474 e. The van der Waals surface area contributed by atoms with Gasteiger partial charge in [-0.2, -0.15) is 0 Å². The van der Waals surface area contributed by atoms with Crippen LogP contribution in [0.15, 0.2) is 36.4 Å². The van der Waals surface area contributed by atoms with E-state index in [1.165, 1.54) is 17.0 Å². The van der Waals surface area contributed by atoms with Crippen LogP contribution in [-0.4, -0.2) is 46.6 Å². The van der Waals surface area contributed by atoms with Crippen molar-refractivity contribution >= 4 is 12.4 Å². The van der Waals surface area contributed by atoms with Crippen LogP contribution in [-0.2, 0) is 0 Å². The van der Waals surface area contributed by atoms with E-state index >= 15 is 0 Å². The topological polar surface area (TPSA) is 79.7 Å². The van der Waals surface area contributed by atoms with E-state index in [0.717, 1.165) is 0 Å². The van der Waals surface area contributed by atoms with Crippen LogP contribution >= 0.6 is 0 Å². The first kappa shape index (κ1) is 15.6. The number of ether oxygens (including phenoxy) is 1. The van der Waals surface area contributed by atoms with E-state index in [1.54, 1.807) is 24.3 Å². The summed E-state index contributed by atoms with van der Waals surface area (Å²) in [6.45, 7) is 0.922. The standard InChI is InChI=1S/C18H15FN2O4/c19-12-3-1-11(2-4-12)15-5-10(9-22)6-16(20-15)25-17-13-7-21(18(23)24)8-14(13)17/h1-6,9,13-14,17H,7-8H2,(H,23,24). The van der Waals surface area contributed by atoms with Crippen LogP contribution in [0.3, 0.4) is 0 Å². The molecule has 0 radical (unpaired) electrons. The van der Waals surface area contributed by atoms with Gasteiger partial charge in [0.05, 0.1) is 5.69 Å². The summed E-state index contributed by atoms with van der Waals surface area (Å²) in [5.41, 5.74) is 1.63. The zero-order chi connectivity index (χ0) is 17.6. The molecular weight excluding hydrogens is 327 g/mol. The van der Waals surface area contributed by atoms with Gasteiger partial charge in [0.25, 0.3) is 0 Å². The molecule has 1 aliphatic heterocycles. The van der Waals surface area contributed by atoms with Gasteiger partial charge in [-0.05, 0) is 30.3 Å². The molecule has 1 aromatic carbocycles. The van der Waals surface area contributed by atoms with Crippen molar-refractivity contribution in [2.75, 3.05) is 13.1 Å². The summed E-state index contributed by atoms with van der Waals surface area (Å²) in [6, 6.07) is 9.02. The Kier molecular flexibility index (Phi) is 3.63. The third-order valence-corrected chi connectivity index (χ3v) is 4.74. The lowest BCUT2D eigenvalue weighted by molar-refractivity contribution is 0.112. The van der Waals surface area contributed by atoms with Gasteiger partial charge in [-0.3, -0.25) is 4.79 Å². The first-order valence-corrected chi connectivity index (χ1v) is 7.93. The summed E-state index contributed by atoms with van der Waals surface area (Å²) >= 11 is 0. The molecule has 4 rings (SSSR count). The number of carboxylic acid groups (broad SMARTS) is 1. The lowest BCUT2D eigenvalue weighted by Gasteiger charge is -2.16. The van der Waals surface area contributed by atoms with Gasteiger partial charge in [0.1, 0.15) is 18.2 Å². The molecule has 2 aromatic rings. The second-order valence-electron chi connectivity index (χ2n) is 6.35. The number of fused-ring (bicyclic) bond motifs is 1. The summed E-state index contributed by atoms with van der Waals surface area (Å²) in [5.74, 6) is 0.324. The Morgan fingerprint density at radius 3 is 2.52 bits per heavy atom. The van der Waals surface area contributed by atoms with Crippen LogP contribution in [0, 0.1) is 17.7 Å². The van der Waals surface area contributed by atoms with Gasteiger partial charge >= 0.3 is 6.09 Å². The van der Waals surface area contributed by atoms with Crippen LogP contribution < -0.4 is 4.74 Å². The second kappa shape index (κ2) is 5.84. The van der Waals surface area contributed by atoms with E-state index in [9.17, 15) is 14.0 Å². The maximum Gasteiger partial charge on any atom is 0.407 e. The summed E-state index contributed by atoms with van der Waals surface area (Å²) in [6.07, 6.45) is -0.279. The minimum absolute atomic E-state index is 0.0777. The van der Waals surface area contributed by atoms with Crippen molar-refractivity contribution < 1.29 is 23.8 Å². The number of aldehydes is 1. The third kappa shape index (κ3) is 2.93. The van der Waals surface area contributed by atoms with E-state index in [2.05, 4.69) is 4.98 Å². The fourth-order valence-electron chi connectivity index (χ4n) is 3.36. The molecular formula is C18H15FN2O4. The molecule has 2 fully saturated rings. The Hall–Kier alpha value is -2.96. The fourth-order valence-corrected chi connectivity index (χ4v) is 3.36. The number of piperidine rings is 1. The van der Waals surface area contributed by atoms with Crippen LogP contribution in [0.4, 0.5) is 9.18 Å². The van der Waals surface area contributed by atoms with Crippen molar-refractivity contribution in [1.82, 2.24) is 9.88 Å². The summed E-state index contributed by atoms with van der Waals surface area (Å²) in [5, 5.41) is 8.99. The monoisotopic (exact) mass is 342 g/mol. The molecule has 1 saturated heterocycles. The molecule has 2 aliphatic rings. The molecule has 1 saturated carbocycles. The van der Waals surface area contributed by atoms with Crippen LogP contribution in [0.5, 0.6) is 5.88 Å². The highest BCUT2D eigenvalue weighted by molar-refractivity contribution is 5.78. The first-order valence-electron chi connectivity index (χ1n) is 7.93. The van der Waals surface area contributed by atoms with Gasteiger partial charge < -0.3 is 14.7 Å². The minimum atomic E-state index is -0.911. The maximum atomic E-state index is 13.1. The third-order valence-electron chi connectivity index (χ3n) is 4.74. The lowest BCUT2D eigenvalue weighted by atomic mass is 10.1. The predicted molar refractivity (Wildman–Crippen MR) is 86.0 cm³/mol. The van der Waals surface area contributed by atoms with Gasteiger partial charge in [0, 0.05) is 42.1 Å². The van der Waals surface area contributed by atoms with Crippen molar-refractivity contribution in [2.45, 2.75) is 6.10 Å². The van der Waals surface area contributed by atoms with E-state index in [-0.39, 0.29) is 23.8 Å². The second-order valence-corrected chi connectivity index (χ2v) is 6.35. The number of carbonyl (C=O) groups excluding carboxylic acids is 1. The molecule has 1 amide bonds. The van der Waals surface area contributed by atoms with Gasteiger partial charge in [0.15, 0.2) is 0 Å². The number of nitrogens with zero attached hydrogens (tertiary/aromatic N) is 2. The Bertz CT molecular complexity index is 827. The number of hydrogen-bond donors (Lipinski definition) is 1. The first-order chi connectivity index (χ1) is 12.0. The molecule has 1 N–H and O–H groups in total. The van der Waals surface area contributed by atoms with Gasteiger partial charge in [-0.25, -0.2) is 14.2 Å². The molecule has 2 atom stereocenters. The van der Waals surface area contributed by atoms with Crippen LogP contribution in [0.1, 0.15) is 10.4 Å². The van der Waals surface area contributed by atoms with Crippen molar-refractivity contribution in [3.63, 3.8) is 0 Å². The highest BCUT2D eigenvalue weighted by atomic mass is 19.1. The Balaban J connectivity index is 1.53. The zero-order valence-electron chi connectivity index (χ0n) is 13.1. The Labute approximate surface area is 142 Å². The van der Waals surface area contributed by atoms with Crippen LogP contribution in [0.2, 0.25) is 0 Å². The van der Waals surface area contributed by atoms with Crippen molar-refractivity contribution in [3.05, 3.63) is 47.8 Å². The average Bonchev–Trinajstić information content (AvgIpc) is 3.05. The van der Waals surface area contributed by atoms with Crippen molar-refractivity contribution in [1.29, 1.82) is 0 Å². The fraction of sp³-hybridized carbons (Fsp3) is 0.278. The molecule has 0 spiro atoms. The molecule has 0 bridgehead atoms. The number of hydrogen-bond acceptors (Lipinski definition) is 4. The molecule has 1 aromatic heterocycles. The maximum absolute atomic E-state index is 13.1. The van der Waals surface area contributed by atoms with Gasteiger partial charge in [-0.15, -0.1) is 0 Å². The highest BCUT2D eigenvalue weighted by Crippen LogP contribution is 2.47. The Morgan fingerprint density at radius 1 is 1.24 bits per heavy atom. The normalized spacial score (nSPS) is 23.9. The van der Waals surface area contributed by atoms with Crippen molar-refractivity contribution in [2.24, 2.45) is 11.8 Å². The van der Waals surface area contributed by atoms with E-state index in [0.29, 0.717) is 42.1 Å². The van der Waals surface area contributed by atoms with E-state index in [4.69, 9.17) is 9.84 Å². The molecule has 2 unspecified atom stereocenters. The molecule has 7 heteroatoms. The van der Waals surface area contributed by atoms with Gasteiger partial charge in [0.2, 0.25) is 5.88 Å². The number of rotatable bonds is 4.